The Balaban J connectivity index is 2.14. The molecule has 1 fully saturated rings. The lowest BCUT2D eigenvalue weighted by Crippen LogP contribution is -2.51. The monoisotopic (exact) mass is 316 g/mol. The minimum Gasteiger partial charge on any atom is -0.399 e. The standard InChI is InChI=1S/C12H14ClFN4O3/c1-20-16-6-8-4-11(10(14)5-9(8)13)17-12(19)18-2-3-21-7-15-18/h4-6,15H,2-3,7H2,1H3,(H,17,19)/b16-6+. The highest BCUT2D eigenvalue weighted by Crippen LogP contribution is 2.23. The van der Waals surface area contributed by atoms with E-state index >= 15 is 0 Å². The van der Waals surface area contributed by atoms with Crippen LogP contribution in [0.25, 0.3) is 0 Å². The Labute approximate surface area is 125 Å². The molecule has 0 radical (unpaired) electrons. The lowest BCUT2D eigenvalue weighted by Gasteiger charge is -2.27. The van der Waals surface area contributed by atoms with E-state index in [1.807, 2.05) is 0 Å². The number of hydrogen-bond donors (Lipinski definition) is 2. The number of anilines is 1. The normalized spacial score (nSPS) is 15.3. The van der Waals surface area contributed by atoms with Crippen molar-refractivity contribution in [3.63, 3.8) is 0 Å². The second-order valence-electron chi connectivity index (χ2n) is 4.06. The average molecular weight is 317 g/mol. The Bertz CT molecular complexity index is 550. The van der Waals surface area contributed by atoms with Crippen LogP contribution < -0.4 is 10.7 Å². The second kappa shape index (κ2) is 7.21. The number of urea groups is 1. The number of benzene rings is 1. The van der Waals surface area contributed by atoms with Crippen LogP contribution in [0.1, 0.15) is 5.56 Å². The van der Waals surface area contributed by atoms with Crippen molar-refractivity contribution in [3.05, 3.63) is 28.5 Å². The minimum absolute atomic E-state index is 0.00440. The van der Waals surface area contributed by atoms with Crippen molar-refractivity contribution in [2.24, 2.45) is 5.16 Å². The Morgan fingerprint density at radius 1 is 1.67 bits per heavy atom. The summed E-state index contributed by atoms with van der Waals surface area (Å²) in [5.41, 5.74) is 3.14. The van der Waals surface area contributed by atoms with Gasteiger partial charge in [-0.3, -0.25) is 5.01 Å². The van der Waals surface area contributed by atoms with E-state index in [1.165, 1.54) is 24.4 Å². The number of carbonyl (C=O) groups is 1. The van der Waals surface area contributed by atoms with Gasteiger partial charge in [0.25, 0.3) is 0 Å². The number of carbonyl (C=O) groups excluding carboxylic acids is 1. The van der Waals surface area contributed by atoms with Crippen LogP contribution in [-0.4, -0.2) is 44.2 Å². The summed E-state index contributed by atoms with van der Waals surface area (Å²) in [5.74, 6) is -0.642. The zero-order valence-corrected chi connectivity index (χ0v) is 12.0. The molecule has 0 aromatic heterocycles. The summed E-state index contributed by atoms with van der Waals surface area (Å²) in [6.07, 6.45) is 1.32. The first-order chi connectivity index (χ1) is 10.1. The summed E-state index contributed by atoms with van der Waals surface area (Å²) in [4.78, 5) is 16.5. The number of halogens is 2. The third kappa shape index (κ3) is 4.03. The van der Waals surface area contributed by atoms with E-state index in [9.17, 15) is 9.18 Å². The molecule has 0 saturated carbocycles. The van der Waals surface area contributed by atoms with Gasteiger partial charge in [0.15, 0.2) is 0 Å². The van der Waals surface area contributed by atoms with Crippen molar-refractivity contribution in [1.82, 2.24) is 10.4 Å². The lowest BCUT2D eigenvalue weighted by molar-refractivity contribution is 0.00549. The topological polar surface area (TPSA) is 75.2 Å². The van der Waals surface area contributed by atoms with Crippen LogP contribution >= 0.6 is 11.6 Å². The summed E-state index contributed by atoms with van der Waals surface area (Å²) < 4.78 is 18.9. The number of oxime groups is 1. The van der Waals surface area contributed by atoms with Gasteiger partial charge in [-0.15, -0.1) is 0 Å². The third-order valence-electron chi connectivity index (χ3n) is 2.69. The van der Waals surface area contributed by atoms with Gasteiger partial charge in [-0.2, -0.15) is 0 Å². The van der Waals surface area contributed by atoms with Gasteiger partial charge in [0.05, 0.1) is 30.1 Å². The zero-order chi connectivity index (χ0) is 15.2. The first-order valence-electron chi connectivity index (χ1n) is 6.07. The van der Waals surface area contributed by atoms with Gasteiger partial charge in [0.1, 0.15) is 19.7 Å². The first kappa shape index (κ1) is 15.5. The van der Waals surface area contributed by atoms with Crippen LogP contribution in [-0.2, 0) is 9.57 Å². The molecule has 1 aliphatic rings. The quantitative estimate of drug-likeness (QED) is 0.658. The average Bonchev–Trinajstić information content (AvgIpc) is 2.49. The molecule has 7 nitrogen and oxygen atoms in total. The lowest BCUT2D eigenvalue weighted by atomic mass is 10.2. The highest BCUT2D eigenvalue weighted by molar-refractivity contribution is 6.33. The van der Waals surface area contributed by atoms with E-state index in [0.29, 0.717) is 18.7 Å². The molecule has 2 rings (SSSR count). The van der Waals surface area contributed by atoms with Gasteiger partial charge < -0.3 is 14.9 Å². The SMILES string of the molecule is CO/N=C/c1cc(NC(=O)N2CCOCN2)c(F)cc1Cl. The van der Waals surface area contributed by atoms with Gasteiger partial charge in [0.2, 0.25) is 0 Å². The molecule has 0 atom stereocenters. The number of nitrogens with zero attached hydrogens (tertiary/aromatic N) is 2. The maximum Gasteiger partial charge on any atom is 0.336 e. The summed E-state index contributed by atoms with van der Waals surface area (Å²) in [5, 5.41) is 7.48. The van der Waals surface area contributed by atoms with E-state index in [4.69, 9.17) is 16.3 Å². The molecule has 0 bridgehead atoms. The van der Waals surface area contributed by atoms with Crippen LogP contribution in [0.4, 0.5) is 14.9 Å². The van der Waals surface area contributed by atoms with Crippen LogP contribution in [0.5, 0.6) is 0 Å². The van der Waals surface area contributed by atoms with Gasteiger partial charge in [0, 0.05) is 5.56 Å². The van der Waals surface area contributed by atoms with E-state index in [0.717, 1.165) is 6.07 Å². The van der Waals surface area contributed by atoms with Crippen molar-refractivity contribution in [2.45, 2.75) is 0 Å². The van der Waals surface area contributed by atoms with Crippen LogP contribution in [0.2, 0.25) is 5.02 Å². The predicted molar refractivity (Wildman–Crippen MR) is 75.7 cm³/mol. The molecule has 0 spiro atoms. The fourth-order valence-corrected chi connectivity index (χ4v) is 1.86. The first-order valence-corrected chi connectivity index (χ1v) is 6.45. The highest BCUT2D eigenvalue weighted by atomic mass is 35.5. The van der Waals surface area contributed by atoms with Crippen LogP contribution in [0.3, 0.4) is 0 Å². The van der Waals surface area contributed by atoms with Gasteiger partial charge >= 0.3 is 6.03 Å². The molecule has 1 aromatic rings. The molecule has 114 valence electrons. The molecule has 1 saturated heterocycles. The summed E-state index contributed by atoms with van der Waals surface area (Å²) in [7, 11) is 1.38. The molecule has 1 aromatic carbocycles. The largest absolute Gasteiger partial charge is 0.399 e. The Morgan fingerprint density at radius 3 is 3.14 bits per heavy atom. The maximum absolute atomic E-state index is 13.8. The fraction of sp³-hybridized carbons (Fsp3) is 0.333. The molecule has 9 heteroatoms. The highest BCUT2D eigenvalue weighted by Gasteiger charge is 2.18. The third-order valence-corrected chi connectivity index (χ3v) is 3.01. The molecular weight excluding hydrogens is 303 g/mol. The molecule has 21 heavy (non-hydrogen) atoms. The number of hydrogen-bond acceptors (Lipinski definition) is 5. The van der Waals surface area contributed by atoms with E-state index in [1.54, 1.807) is 0 Å². The Hall–Kier alpha value is -1.90. The predicted octanol–water partition coefficient (Wildman–Crippen LogP) is 1.79. The van der Waals surface area contributed by atoms with Gasteiger partial charge in [-0.25, -0.2) is 14.6 Å². The smallest absolute Gasteiger partial charge is 0.336 e. The number of amides is 2. The van der Waals surface area contributed by atoms with Crippen molar-refractivity contribution in [1.29, 1.82) is 0 Å². The van der Waals surface area contributed by atoms with Crippen LogP contribution in [0.15, 0.2) is 17.3 Å². The number of nitrogens with one attached hydrogen (secondary N) is 2. The summed E-state index contributed by atoms with van der Waals surface area (Å²) in [6.45, 7) is 0.997. The summed E-state index contributed by atoms with van der Waals surface area (Å²) >= 11 is 5.88. The number of hydrazine groups is 1. The molecule has 1 heterocycles. The van der Waals surface area contributed by atoms with E-state index < -0.39 is 11.8 Å². The zero-order valence-electron chi connectivity index (χ0n) is 11.2. The molecule has 0 aliphatic carbocycles. The molecular formula is C12H14ClFN4O3. The molecule has 0 unspecified atom stereocenters. The van der Waals surface area contributed by atoms with Gasteiger partial charge in [-0.05, 0) is 12.1 Å². The van der Waals surface area contributed by atoms with E-state index in [2.05, 4.69) is 20.7 Å². The van der Waals surface area contributed by atoms with Crippen molar-refractivity contribution in [3.8, 4) is 0 Å². The molecule has 1 aliphatic heterocycles. The van der Waals surface area contributed by atoms with E-state index in [-0.39, 0.29) is 17.4 Å². The number of rotatable bonds is 3. The fourth-order valence-electron chi connectivity index (χ4n) is 1.66. The van der Waals surface area contributed by atoms with Crippen molar-refractivity contribution in [2.75, 3.05) is 32.3 Å². The van der Waals surface area contributed by atoms with Crippen molar-refractivity contribution < 1.29 is 18.8 Å². The minimum atomic E-state index is -0.642. The number of ether oxygens (including phenoxy) is 1. The second-order valence-corrected chi connectivity index (χ2v) is 4.47. The van der Waals surface area contributed by atoms with Crippen molar-refractivity contribution >= 4 is 29.5 Å². The molecule has 2 amide bonds. The van der Waals surface area contributed by atoms with Gasteiger partial charge in [-0.1, -0.05) is 16.8 Å². The Kier molecular flexibility index (Phi) is 5.32. The Morgan fingerprint density at radius 2 is 2.48 bits per heavy atom. The maximum atomic E-state index is 13.8. The summed E-state index contributed by atoms with van der Waals surface area (Å²) in [6, 6.07) is 1.98. The van der Waals surface area contributed by atoms with Crippen LogP contribution in [0, 0.1) is 5.82 Å². The molecule has 2 N–H and O–H groups in total.